The van der Waals surface area contributed by atoms with Crippen molar-refractivity contribution in [3.05, 3.63) is 21.9 Å². The van der Waals surface area contributed by atoms with Crippen LogP contribution in [-0.2, 0) is 17.7 Å². The number of hydrogen-bond acceptors (Lipinski definition) is 4. The van der Waals surface area contributed by atoms with Crippen LogP contribution in [0.2, 0.25) is 0 Å². The fourth-order valence-electron chi connectivity index (χ4n) is 3.48. The van der Waals surface area contributed by atoms with E-state index in [2.05, 4.69) is 42.4 Å². The lowest BCUT2D eigenvalue weighted by atomic mass is 10.1. The van der Waals surface area contributed by atoms with Crippen molar-refractivity contribution < 1.29 is 9.53 Å². The fourth-order valence-corrected chi connectivity index (χ4v) is 4.36. The smallest absolute Gasteiger partial charge is 0.317 e. The Bertz CT molecular complexity index is 538. The fraction of sp³-hybridized carbons (Fsp3) is 0.706. The third kappa shape index (κ3) is 4.05. The first-order chi connectivity index (χ1) is 11.0. The topological polar surface area (TPSA) is 44.8 Å². The highest BCUT2D eigenvalue weighted by atomic mass is 32.1. The number of carbonyl (C=O) groups is 1. The van der Waals surface area contributed by atoms with Crippen LogP contribution in [0.5, 0.6) is 0 Å². The van der Waals surface area contributed by atoms with E-state index in [0.717, 1.165) is 32.6 Å². The zero-order valence-corrected chi connectivity index (χ0v) is 15.1. The predicted molar refractivity (Wildman–Crippen MR) is 92.9 cm³/mol. The molecule has 1 saturated heterocycles. The van der Waals surface area contributed by atoms with Crippen LogP contribution >= 0.6 is 11.3 Å². The third-order valence-corrected chi connectivity index (χ3v) is 5.74. The number of hydrogen-bond donors (Lipinski definition) is 1. The maximum atomic E-state index is 12.4. The summed E-state index contributed by atoms with van der Waals surface area (Å²) in [5.74, 6) is 0. The van der Waals surface area contributed by atoms with E-state index in [1.807, 2.05) is 4.90 Å². The average Bonchev–Trinajstić information content (AvgIpc) is 2.98. The number of nitrogens with zero attached hydrogens (tertiary/aromatic N) is 2. The van der Waals surface area contributed by atoms with E-state index in [-0.39, 0.29) is 18.2 Å². The quantitative estimate of drug-likeness (QED) is 0.921. The lowest BCUT2D eigenvalue weighted by molar-refractivity contribution is -0.0778. The van der Waals surface area contributed by atoms with Gasteiger partial charge in [-0.25, -0.2) is 4.79 Å². The molecule has 6 heteroatoms. The lowest BCUT2D eigenvalue weighted by Gasteiger charge is -2.39. The summed E-state index contributed by atoms with van der Waals surface area (Å²) in [6.07, 6.45) is 1.50. The Hall–Kier alpha value is -1.11. The first-order valence-electron chi connectivity index (χ1n) is 8.50. The highest BCUT2D eigenvalue weighted by Gasteiger charge is 2.27. The molecule has 1 aromatic heterocycles. The van der Waals surface area contributed by atoms with Gasteiger partial charge in [0.05, 0.1) is 12.2 Å². The van der Waals surface area contributed by atoms with Crippen LogP contribution in [0.15, 0.2) is 11.4 Å². The van der Waals surface area contributed by atoms with E-state index in [1.54, 1.807) is 11.3 Å². The maximum absolute atomic E-state index is 12.4. The van der Waals surface area contributed by atoms with Gasteiger partial charge in [-0.05, 0) is 44.2 Å². The molecule has 2 amide bonds. The van der Waals surface area contributed by atoms with E-state index in [9.17, 15) is 4.79 Å². The van der Waals surface area contributed by atoms with Crippen molar-refractivity contribution in [1.29, 1.82) is 0 Å². The molecule has 3 heterocycles. The number of morpholine rings is 1. The molecule has 1 fully saturated rings. The third-order valence-electron chi connectivity index (χ3n) is 4.71. The molecule has 3 rings (SSSR count). The van der Waals surface area contributed by atoms with Crippen molar-refractivity contribution in [3.63, 3.8) is 0 Å². The lowest BCUT2D eigenvalue weighted by Crippen LogP contribution is -2.53. The molecular formula is C17H27N3O2S. The van der Waals surface area contributed by atoms with Gasteiger partial charge in [-0.3, -0.25) is 4.90 Å². The van der Waals surface area contributed by atoms with Crippen LogP contribution in [0.25, 0.3) is 0 Å². The molecule has 128 valence electrons. The minimum Gasteiger partial charge on any atom is -0.373 e. The number of amides is 2. The van der Waals surface area contributed by atoms with Crippen LogP contribution < -0.4 is 5.32 Å². The largest absolute Gasteiger partial charge is 0.373 e. The van der Waals surface area contributed by atoms with Crippen LogP contribution in [0.4, 0.5) is 4.79 Å². The molecule has 3 atom stereocenters. The highest BCUT2D eigenvalue weighted by Crippen LogP contribution is 2.23. The minimum atomic E-state index is 0.0584. The van der Waals surface area contributed by atoms with E-state index in [4.69, 9.17) is 4.74 Å². The van der Waals surface area contributed by atoms with E-state index in [0.29, 0.717) is 12.6 Å². The number of urea groups is 1. The molecule has 23 heavy (non-hydrogen) atoms. The summed E-state index contributed by atoms with van der Waals surface area (Å²) < 4.78 is 5.78. The Labute approximate surface area is 142 Å². The van der Waals surface area contributed by atoms with Gasteiger partial charge < -0.3 is 15.0 Å². The molecule has 0 spiro atoms. The summed E-state index contributed by atoms with van der Waals surface area (Å²) >= 11 is 1.80. The second-order valence-electron chi connectivity index (χ2n) is 6.79. The predicted octanol–water partition coefficient (Wildman–Crippen LogP) is 2.31. The normalized spacial score (nSPS) is 26.7. The Morgan fingerprint density at radius 3 is 2.91 bits per heavy atom. The van der Waals surface area contributed by atoms with Crippen molar-refractivity contribution >= 4 is 17.4 Å². The number of rotatable bonds is 3. The second-order valence-corrected chi connectivity index (χ2v) is 7.79. The Balaban J connectivity index is 1.47. The van der Waals surface area contributed by atoms with Gasteiger partial charge in [-0.2, -0.15) is 0 Å². The Morgan fingerprint density at radius 1 is 1.43 bits per heavy atom. The number of fused-ring (bicyclic) bond motifs is 1. The van der Waals surface area contributed by atoms with E-state index < -0.39 is 0 Å². The van der Waals surface area contributed by atoms with Crippen molar-refractivity contribution in [3.8, 4) is 0 Å². The average molecular weight is 337 g/mol. The maximum Gasteiger partial charge on any atom is 0.317 e. The molecule has 0 aliphatic carbocycles. The molecule has 0 saturated carbocycles. The van der Waals surface area contributed by atoms with Crippen LogP contribution in [0, 0.1) is 0 Å². The number of ether oxygens (including phenoxy) is 1. The molecule has 0 bridgehead atoms. The second kappa shape index (κ2) is 7.20. The van der Waals surface area contributed by atoms with Crippen molar-refractivity contribution in [1.82, 2.24) is 15.1 Å². The summed E-state index contributed by atoms with van der Waals surface area (Å²) in [7, 11) is 0. The molecule has 1 aromatic rings. The highest BCUT2D eigenvalue weighted by molar-refractivity contribution is 7.10. The minimum absolute atomic E-state index is 0.0584. The summed E-state index contributed by atoms with van der Waals surface area (Å²) in [6.45, 7) is 10.5. The zero-order valence-electron chi connectivity index (χ0n) is 14.2. The van der Waals surface area contributed by atoms with Crippen LogP contribution in [0.1, 0.15) is 31.2 Å². The SMILES string of the molecule is C[C@@H]1CN([C@H](C)CNC(=O)N2CCc3sccc3C2)C[C@H](C)O1. The van der Waals surface area contributed by atoms with Gasteiger partial charge in [0.25, 0.3) is 0 Å². The Morgan fingerprint density at radius 2 is 2.17 bits per heavy atom. The molecule has 0 aromatic carbocycles. The molecule has 1 N–H and O–H groups in total. The van der Waals surface area contributed by atoms with Gasteiger partial charge >= 0.3 is 6.03 Å². The number of carbonyl (C=O) groups excluding carboxylic acids is 1. The van der Waals surface area contributed by atoms with Gasteiger partial charge in [0.1, 0.15) is 0 Å². The number of nitrogens with one attached hydrogen (secondary N) is 1. The number of thiophene rings is 1. The molecule has 2 aliphatic rings. The van der Waals surface area contributed by atoms with Crippen LogP contribution in [0.3, 0.4) is 0 Å². The van der Waals surface area contributed by atoms with Gasteiger partial charge in [-0.1, -0.05) is 0 Å². The van der Waals surface area contributed by atoms with Crippen molar-refractivity contribution in [2.75, 3.05) is 26.2 Å². The van der Waals surface area contributed by atoms with Crippen molar-refractivity contribution in [2.24, 2.45) is 0 Å². The Kier molecular flexibility index (Phi) is 5.24. The first kappa shape index (κ1) is 16.7. The van der Waals surface area contributed by atoms with Crippen molar-refractivity contribution in [2.45, 2.75) is 52.0 Å². The van der Waals surface area contributed by atoms with Gasteiger partial charge in [0.2, 0.25) is 0 Å². The van der Waals surface area contributed by atoms with E-state index in [1.165, 1.54) is 10.4 Å². The molecule has 2 aliphatic heterocycles. The molecule has 5 nitrogen and oxygen atoms in total. The standard InChI is InChI=1S/C17H27N3O2S/c1-12(20-9-13(2)22-14(3)10-20)8-18-17(21)19-6-4-16-15(11-19)5-7-23-16/h5,7,12-14H,4,6,8-11H2,1-3H3,(H,18,21)/t12-,13-,14+/m1/s1. The van der Waals surface area contributed by atoms with Gasteiger partial charge in [0.15, 0.2) is 0 Å². The van der Waals surface area contributed by atoms with E-state index >= 15 is 0 Å². The zero-order chi connectivity index (χ0) is 16.4. The summed E-state index contributed by atoms with van der Waals surface area (Å²) in [5, 5.41) is 5.23. The monoisotopic (exact) mass is 337 g/mol. The summed E-state index contributed by atoms with van der Waals surface area (Å²) in [5.41, 5.74) is 1.31. The van der Waals surface area contributed by atoms with Gasteiger partial charge in [0, 0.05) is 43.6 Å². The summed E-state index contributed by atoms with van der Waals surface area (Å²) in [4.78, 5) is 18.2. The molecule has 0 radical (unpaired) electrons. The van der Waals surface area contributed by atoms with Crippen LogP contribution in [-0.4, -0.2) is 60.3 Å². The molecular weight excluding hydrogens is 310 g/mol. The first-order valence-corrected chi connectivity index (χ1v) is 9.38. The summed E-state index contributed by atoms with van der Waals surface area (Å²) in [6, 6.07) is 2.52. The molecule has 0 unspecified atom stereocenters. The van der Waals surface area contributed by atoms with Gasteiger partial charge in [-0.15, -0.1) is 11.3 Å².